The monoisotopic (exact) mass is 256 g/mol. The normalized spacial score (nSPS) is 12.7. The molecule has 0 aliphatic carbocycles. The summed E-state index contributed by atoms with van der Waals surface area (Å²) in [5.74, 6) is 0.991. The van der Waals surface area contributed by atoms with E-state index < -0.39 is 0 Å². The van der Waals surface area contributed by atoms with Gasteiger partial charge in [-0.25, -0.2) is 0 Å². The summed E-state index contributed by atoms with van der Waals surface area (Å²) in [5.41, 5.74) is 1.27. The Kier molecular flexibility index (Phi) is 3.01. The first-order valence-corrected chi connectivity index (χ1v) is 3.36. The van der Waals surface area contributed by atoms with Crippen LogP contribution in [0, 0.1) is 0 Å². The van der Waals surface area contributed by atoms with Gasteiger partial charge in [0.1, 0.15) is 5.75 Å². The minimum absolute atomic E-state index is 0. The topological polar surface area (TPSA) is 9.23 Å². The van der Waals surface area contributed by atoms with Crippen molar-refractivity contribution in [3.63, 3.8) is 0 Å². The van der Waals surface area contributed by atoms with Crippen LogP contribution < -0.4 is 4.74 Å². The molecule has 1 aromatic rings. The van der Waals surface area contributed by atoms with E-state index in [1.165, 1.54) is 5.56 Å². The molecule has 1 nitrogen and oxygen atoms in total. The Hall–Kier alpha value is -0.422. The zero-order valence-electron chi connectivity index (χ0n) is 6.29. The van der Waals surface area contributed by atoms with Gasteiger partial charge in [-0.05, 0) is 24.1 Å². The van der Waals surface area contributed by atoms with Crippen LogP contribution in [0.1, 0.15) is 5.56 Å². The molecule has 1 heterocycles. The summed E-state index contributed by atoms with van der Waals surface area (Å²) in [6, 6.07) is 8.08. The number of allylic oxidation sites excluding steroid dienone is 1. The molecule has 0 saturated heterocycles. The molecule has 11 heavy (non-hydrogen) atoms. The zero-order valence-corrected chi connectivity index (χ0v) is 10.3. The average molecular weight is 257 g/mol. The molecular weight excluding hydrogens is 246 g/mol. The molecule has 1 aromatic carbocycles. The number of ether oxygens (including phenoxy) is 1. The SMILES string of the molecule is C1=COc2ccccc2C1.[SbH3]. The third-order valence-electron chi connectivity index (χ3n) is 1.60. The van der Waals surface area contributed by atoms with Crippen LogP contribution in [0.2, 0.25) is 0 Å². The predicted octanol–water partition coefficient (Wildman–Crippen LogP) is 0.951. The van der Waals surface area contributed by atoms with Crippen molar-refractivity contribution in [2.24, 2.45) is 0 Å². The first kappa shape index (κ1) is 8.67. The van der Waals surface area contributed by atoms with E-state index in [2.05, 4.69) is 6.07 Å². The Morgan fingerprint density at radius 2 is 2.00 bits per heavy atom. The van der Waals surface area contributed by atoms with E-state index >= 15 is 0 Å². The molecule has 2 heteroatoms. The van der Waals surface area contributed by atoms with Crippen molar-refractivity contribution in [3.8, 4) is 5.75 Å². The fourth-order valence-corrected chi connectivity index (χ4v) is 1.08. The zero-order chi connectivity index (χ0) is 6.81. The summed E-state index contributed by atoms with van der Waals surface area (Å²) in [4.78, 5) is 0. The number of fused-ring (bicyclic) bond motifs is 1. The van der Waals surface area contributed by atoms with Gasteiger partial charge in [-0.2, -0.15) is 0 Å². The number of hydrogen-bond acceptors (Lipinski definition) is 1. The van der Waals surface area contributed by atoms with Crippen molar-refractivity contribution in [1.82, 2.24) is 0 Å². The molecule has 0 N–H and O–H groups in total. The van der Waals surface area contributed by atoms with Crippen molar-refractivity contribution < 1.29 is 4.74 Å². The van der Waals surface area contributed by atoms with Crippen molar-refractivity contribution in [2.75, 3.05) is 0 Å². The van der Waals surface area contributed by atoms with Crippen LogP contribution in [0.4, 0.5) is 0 Å². The van der Waals surface area contributed by atoms with Gasteiger partial charge in [0.05, 0.1) is 6.26 Å². The van der Waals surface area contributed by atoms with Gasteiger partial charge in [0, 0.05) is 0 Å². The molecule has 0 bridgehead atoms. The van der Waals surface area contributed by atoms with Crippen molar-refractivity contribution in [3.05, 3.63) is 42.2 Å². The summed E-state index contributed by atoms with van der Waals surface area (Å²) in [5, 5.41) is 0. The van der Waals surface area contributed by atoms with Crippen molar-refractivity contribution in [1.29, 1.82) is 0 Å². The number of rotatable bonds is 0. The van der Waals surface area contributed by atoms with Crippen LogP contribution in [0.25, 0.3) is 0 Å². The number of para-hydroxylation sites is 1. The second kappa shape index (κ2) is 3.82. The molecule has 0 saturated carbocycles. The Morgan fingerprint density at radius 3 is 2.82 bits per heavy atom. The minimum atomic E-state index is 0. The van der Waals surface area contributed by atoms with Gasteiger partial charge in [-0.15, -0.1) is 0 Å². The number of benzene rings is 1. The molecule has 2 rings (SSSR count). The molecule has 1 aliphatic rings. The number of hydrogen-bond donors (Lipinski definition) is 0. The molecule has 0 amide bonds. The molecule has 0 fully saturated rings. The molecule has 0 atom stereocenters. The summed E-state index contributed by atoms with van der Waals surface area (Å²) in [6.07, 6.45) is 4.75. The summed E-state index contributed by atoms with van der Waals surface area (Å²) in [7, 11) is 0. The quantitative estimate of drug-likeness (QED) is 0.629. The summed E-state index contributed by atoms with van der Waals surface area (Å²) in [6.45, 7) is 0. The van der Waals surface area contributed by atoms with Crippen LogP contribution in [-0.4, -0.2) is 24.4 Å². The molecular formula is C9H11OSb. The summed E-state index contributed by atoms with van der Waals surface area (Å²) < 4.78 is 5.24. The summed E-state index contributed by atoms with van der Waals surface area (Å²) >= 11 is 0. The average Bonchev–Trinajstić information content (AvgIpc) is 2.05. The first-order valence-electron chi connectivity index (χ1n) is 3.36. The van der Waals surface area contributed by atoms with E-state index in [4.69, 9.17) is 4.74 Å². The second-order valence-electron chi connectivity index (χ2n) is 2.30. The molecule has 1 aliphatic heterocycles. The molecule has 0 radical (unpaired) electrons. The van der Waals surface area contributed by atoms with E-state index in [0.717, 1.165) is 12.2 Å². The maximum absolute atomic E-state index is 5.24. The molecule has 0 aromatic heterocycles. The van der Waals surface area contributed by atoms with E-state index in [0.29, 0.717) is 0 Å². The molecule has 0 spiro atoms. The second-order valence-corrected chi connectivity index (χ2v) is 2.30. The van der Waals surface area contributed by atoms with Crippen LogP contribution >= 0.6 is 0 Å². The van der Waals surface area contributed by atoms with Crippen LogP contribution in [0.3, 0.4) is 0 Å². The van der Waals surface area contributed by atoms with Crippen molar-refractivity contribution >= 4 is 24.4 Å². The Labute approximate surface area is 83.5 Å². The van der Waals surface area contributed by atoms with E-state index in [1.807, 2.05) is 24.3 Å². The standard InChI is InChI=1S/C9H8O.Sb.3H/c1-2-6-9-8(4-1)5-3-7-10-9;;;;/h1-4,6-7H,5H2;;;;. The molecule has 0 unspecified atom stereocenters. The van der Waals surface area contributed by atoms with Gasteiger partial charge in [0.25, 0.3) is 0 Å². The van der Waals surface area contributed by atoms with Crippen LogP contribution in [-0.2, 0) is 6.42 Å². The third-order valence-corrected chi connectivity index (χ3v) is 1.60. The van der Waals surface area contributed by atoms with Crippen LogP contribution in [0.15, 0.2) is 36.6 Å². The predicted molar refractivity (Wildman–Crippen MR) is 49.9 cm³/mol. The van der Waals surface area contributed by atoms with Gasteiger partial charge >= 0.3 is 24.4 Å². The third kappa shape index (κ3) is 1.78. The van der Waals surface area contributed by atoms with Crippen molar-refractivity contribution in [2.45, 2.75) is 6.42 Å². The fraction of sp³-hybridized carbons (Fsp3) is 0.111. The van der Waals surface area contributed by atoms with Gasteiger partial charge in [-0.1, -0.05) is 18.2 Å². The Bertz CT molecular complexity index is 241. The van der Waals surface area contributed by atoms with E-state index in [1.54, 1.807) is 6.26 Å². The van der Waals surface area contributed by atoms with E-state index in [9.17, 15) is 0 Å². The molecule has 58 valence electrons. The fourth-order valence-electron chi connectivity index (χ4n) is 1.08. The van der Waals surface area contributed by atoms with Gasteiger partial charge in [0.15, 0.2) is 0 Å². The van der Waals surface area contributed by atoms with Gasteiger partial charge in [0.2, 0.25) is 0 Å². The van der Waals surface area contributed by atoms with E-state index in [-0.39, 0.29) is 24.4 Å². The maximum atomic E-state index is 5.24. The van der Waals surface area contributed by atoms with Gasteiger partial charge < -0.3 is 4.74 Å². The van der Waals surface area contributed by atoms with Gasteiger partial charge in [-0.3, -0.25) is 0 Å². The Balaban J connectivity index is 0.000000605. The first-order chi connectivity index (χ1) is 4.97. The Morgan fingerprint density at radius 1 is 1.18 bits per heavy atom. The van der Waals surface area contributed by atoms with Crippen LogP contribution in [0.5, 0.6) is 5.75 Å².